The van der Waals surface area contributed by atoms with Gasteiger partial charge in [0.25, 0.3) is 0 Å². The molecule has 0 saturated carbocycles. The van der Waals surface area contributed by atoms with E-state index in [0.29, 0.717) is 13.0 Å². The fourth-order valence-electron chi connectivity index (χ4n) is 0.747. The Bertz CT molecular complexity index is 470. The lowest BCUT2D eigenvalue weighted by molar-refractivity contribution is -0.148. The molecule has 0 heterocycles. The summed E-state index contributed by atoms with van der Waals surface area (Å²) >= 11 is 0. The maximum Gasteiger partial charge on any atom is 0.350 e. The molecule has 0 aliphatic rings. The molecule has 0 atom stereocenters. The largest absolute Gasteiger partial charge is 0.477 e. The molecular weight excluding hydrogens is 280 g/mol. The van der Waals surface area contributed by atoms with Crippen LogP contribution in [0.4, 0.5) is 0 Å². The van der Waals surface area contributed by atoms with E-state index >= 15 is 0 Å². The summed E-state index contributed by atoms with van der Waals surface area (Å²) in [5.74, 6) is -1.94. The smallest absolute Gasteiger partial charge is 0.350 e. The average molecular weight is 296 g/mol. The van der Waals surface area contributed by atoms with E-state index < -0.39 is 11.9 Å². The highest BCUT2D eigenvalue weighted by Crippen LogP contribution is 1.94. The normalized spacial score (nSPS) is 9.43. The van der Waals surface area contributed by atoms with E-state index in [2.05, 4.69) is 20.8 Å². The second-order valence-corrected chi connectivity index (χ2v) is 3.24. The Labute approximate surface area is 122 Å². The van der Waals surface area contributed by atoms with Crippen molar-refractivity contribution in [3.63, 3.8) is 0 Å². The van der Waals surface area contributed by atoms with Crippen LogP contribution in [0.5, 0.6) is 0 Å². The number of carboxylic acids is 1. The van der Waals surface area contributed by atoms with Gasteiger partial charge in [-0.15, -0.1) is 0 Å². The molecular formula is C13H16N2O6. The fourth-order valence-corrected chi connectivity index (χ4v) is 0.747. The van der Waals surface area contributed by atoms with E-state index in [4.69, 9.17) is 15.6 Å². The first-order valence-electron chi connectivity index (χ1n) is 5.52. The highest BCUT2D eigenvalue weighted by Gasteiger charge is 2.05. The second kappa shape index (κ2) is 13.7. The Morgan fingerprint density at radius 3 is 2.24 bits per heavy atom. The van der Waals surface area contributed by atoms with E-state index in [1.54, 1.807) is 12.1 Å². The molecule has 21 heavy (non-hydrogen) atoms. The van der Waals surface area contributed by atoms with Crippen LogP contribution in [-0.4, -0.2) is 44.7 Å². The molecule has 0 saturated heterocycles. The Hall–Kier alpha value is -2.68. The average Bonchev–Trinajstić information content (AvgIpc) is 2.48. The van der Waals surface area contributed by atoms with Crippen molar-refractivity contribution in [3.8, 4) is 12.1 Å². The third kappa shape index (κ3) is 12.1. The first kappa shape index (κ1) is 20.6. The molecule has 0 amide bonds. The maximum absolute atomic E-state index is 10.5. The minimum absolute atomic E-state index is 0.153. The number of esters is 1. The number of nitrogens with zero attached hydrogens (tertiary/aromatic N) is 2. The quantitative estimate of drug-likeness (QED) is 0.240. The number of nitriles is 2. The van der Waals surface area contributed by atoms with Crippen LogP contribution in [-0.2, 0) is 23.8 Å². The molecule has 0 fully saturated rings. The van der Waals surface area contributed by atoms with Gasteiger partial charge in [-0.3, -0.25) is 0 Å². The molecule has 114 valence electrons. The third-order valence-electron chi connectivity index (χ3n) is 1.71. The summed E-state index contributed by atoms with van der Waals surface area (Å²) in [5.41, 5.74) is -0.459. The van der Waals surface area contributed by atoms with Gasteiger partial charge < -0.3 is 19.3 Å². The van der Waals surface area contributed by atoms with Gasteiger partial charge in [0.1, 0.15) is 23.3 Å². The van der Waals surface area contributed by atoms with Gasteiger partial charge >= 0.3 is 11.9 Å². The Morgan fingerprint density at radius 1 is 1.24 bits per heavy atom. The minimum atomic E-state index is -1.19. The molecule has 0 radical (unpaired) electrons. The van der Waals surface area contributed by atoms with E-state index in [9.17, 15) is 9.59 Å². The second-order valence-electron chi connectivity index (χ2n) is 3.24. The summed E-state index contributed by atoms with van der Waals surface area (Å²) in [6.45, 7) is 3.41. The third-order valence-corrected chi connectivity index (χ3v) is 1.71. The molecule has 8 nitrogen and oxygen atoms in total. The van der Waals surface area contributed by atoms with Crippen LogP contribution in [0.1, 0.15) is 6.42 Å². The van der Waals surface area contributed by atoms with Crippen LogP contribution in [0.25, 0.3) is 0 Å². The van der Waals surface area contributed by atoms with Gasteiger partial charge in [-0.1, -0.05) is 12.7 Å². The number of aliphatic carboxylic acids is 1. The van der Waals surface area contributed by atoms with Gasteiger partial charge in [0.15, 0.2) is 6.79 Å². The van der Waals surface area contributed by atoms with Crippen LogP contribution in [0, 0.1) is 22.7 Å². The summed E-state index contributed by atoms with van der Waals surface area (Å²) < 4.78 is 13.4. The molecule has 0 bridgehead atoms. The zero-order valence-corrected chi connectivity index (χ0v) is 11.8. The number of carbonyl (C=O) groups excluding carboxylic acids is 1. The summed E-state index contributed by atoms with van der Waals surface area (Å²) in [7, 11) is 2.89. The van der Waals surface area contributed by atoms with Crippen molar-refractivity contribution in [2.45, 2.75) is 6.42 Å². The van der Waals surface area contributed by atoms with Crippen LogP contribution < -0.4 is 0 Å². The SMILES string of the molecule is C=C(C#N)C(=O)OCOC.COCCC=C(C#N)C(=O)O. The summed E-state index contributed by atoms with van der Waals surface area (Å²) in [6.07, 6.45) is 1.79. The summed E-state index contributed by atoms with van der Waals surface area (Å²) in [6, 6.07) is 3.12. The lowest BCUT2D eigenvalue weighted by atomic mass is 10.2. The molecule has 0 aromatic rings. The highest BCUT2D eigenvalue weighted by atomic mass is 16.7. The zero-order valence-electron chi connectivity index (χ0n) is 11.8. The number of ether oxygens (including phenoxy) is 3. The van der Waals surface area contributed by atoms with Crippen LogP contribution in [0.3, 0.4) is 0 Å². The molecule has 1 N–H and O–H groups in total. The molecule has 0 aromatic carbocycles. The molecule has 0 aliphatic carbocycles. The van der Waals surface area contributed by atoms with Gasteiger partial charge in [0.2, 0.25) is 0 Å². The summed E-state index contributed by atoms with van der Waals surface area (Å²) in [4.78, 5) is 20.7. The first-order valence-corrected chi connectivity index (χ1v) is 5.52. The first-order chi connectivity index (χ1) is 9.94. The van der Waals surface area contributed by atoms with Crippen molar-refractivity contribution in [2.24, 2.45) is 0 Å². The summed E-state index contributed by atoms with van der Waals surface area (Å²) in [5, 5.41) is 24.7. The number of methoxy groups -OCH3 is 2. The molecule has 8 heteroatoms. The van der Waals surface area contributed by atoms with Crippen LogP contribution in [0.2, 0.25) is 0 Å². The van der Waals surface area contributed by atoms with Crippen LogP contribution >= 0.6 is 0 Å². The van der Waals surface area contributed by atoms with Gasteiger partial charge in [0, 0.05) is 20.8 Å². The van der Waals surface area contributed by atoms with Crippen molar-refractivity contribution < 1.29 is 28.9 Å². The van der Waals surface area contributed by atoms with Gasteiger partial charge in [-0.05, 0) is 6.42 Å². The van der Waals surface area contributed by atoms with Crippen LogP contribution in [0.15, 0.2) is 23.8 Å². The number of carboxylic acid groups (broad SMARTS) is 1. The highest BCUT2D eigenvalue weighted by molar-refractivity contribution is 5.91. The van der Waals surface area contributed by atoms with Gasteiger partial charge in [-0.2, -0.15) is 10.5 Å². The van der Waals surface area contributed by atoms with Crippen molar-refractivity contribution in [3.05, 3.63) is 23.8 Å². The Morgan fingerprint density at radius 2 is 1.86 bits per heavy atom. The molecule has 0 unspecified atom stereocenters. The van der Waals surface area contributed by atoms with Gasteiger partial charge in [-0.25, -0.2) is 9.59 Å². The molecule has 0 spiro atoms. The zero-order chi connectivity index (χ0) is 16.7. The monoisotopic (exact) mass is 296 g/mol. The number of hydrogen-bond donors (Lipinski definition) is 1. The van der Waals surface area contributed by atoms with E-state index in [1.165, 1.54) is 20.3 Å². The Balaban J connectivity index is 0. The van der Waals surface area contributed by atoms with Crippen molar-refractivity contribution in [2.75, 3.05) is 27.6 Å². The van der Waals surface area contributed by atoms with Crippen molar-refractivity contribution in [1.29, 1.82) is 10.5 Å². The van der Waals surface area contributed by atoms with Crippen molar-refractivity contribution in [1.82, 2.24) is 0 Å². The fraction of sp³-hybridized carbons (Fsp3) is 0.385. The van der Waals surface area contributed by atoms with E-state index in [0.717, 1.165) is 0 Å². The lowest BCUT2D eigenvalue weighted by Crippen LogP contribution is -2.07. The predicted molar refractivity (Wildman–Crippen MR) is 70.5 cm³/mol. The van der Waals surface area contributed by atoms with E-state index in [1.807, 2.05) is 0 Å². The topological polar surface area (TPSA) is 130 Å². The maximum atomic E-state index is 10.5. The molecule has 0 rings (SSSR count). The number of rotatable bonds is 7. The number of carbonyl (C=O) groups is 2. The van der Waals surface area contributed by atoms with Gasteiger partial charge in [0.05, 0.1) is 0 Å². The molecule has 0 aliphatic heterocycles. The Kier molecular flexibility index (Phi) is 13.5. The van der Waals surface area contributed by atoms with E-state index in [-0.39, 0.29) is 17.9 Å². The lowest BCUT2D eigenvalue weighted by Gasteiger charge is -1.98. The standard InChI is InChI=1S/C7H9NO3.C6H7NO3/c1-11-4-2-3-6(5-8)7(9)10;1-5(3-7)6(8)10-4-9-2/h3H,2,4H2,1H3,(H,9,10);1,4H2,2H3. The molecule has 0 aromatic heterocycles. The van der Waals surface area contributed by atoms with Crippen molar-refractivity contribution >= 4 is 11.9 Å². The predicted octanol–water partition coefficient (Wildman–Crippen LogP) is 0.771. The minimum Gasteiger partial charge on any atom is -0.477 e. The number of hydrogen-bond acceptors (Lipinski definition) is 7.